The van der Waals surface area contributed by atoms with Crippen molar-refractivity contribution < 1.29 is 14.0 Å². The highest BCUT2D eigenvalue weighted by atomic mass is 35.5. The van der Waals surface area contributed by atoms with E-state index in [-0.39, 0.29) is 23.7 Å². The monoisotopic (exact) mass is 437 g/mol. The highest BCUT2D eigenvalue weighted by Crippen LogP contribution is 2.32. The van der Waals surface area contributed by atoms with E-state index in [1.807, 2.05) is 41.3 Å². The van der Waals surface area contributed by atoms with Crippen molar-refractivity contribution in [2.75, 3.05) is 18.4 Å². The number of nitrogens with zero attached hydrogens (tertiary/aromatic N) is 2. The van der Waals surface area contributed by atoms with Crippen LogP contribution in [0.2, 0.25) is 5.02 Å². The van der Waals surface area contributed by atoms with Gasteiger partial charge >= 0.3 is 0 Å². The highest BCUT2D eigenvalue weighted by molar-refractivity contribution is 6.31. The number of oxazole rings is 1. The van der Waals surface area contributed by atoms with E-state index < -0.39 is 0 Å². The van der Waals surface area contributed by atoms with Crippen LogP contribution in [-0.2, 0) is 16.0 Å². The van der Waals surface area contributed by atoms with Gasteiger partial charge in [-0.1, -0.05) is 29.8 Å². The maximum Gasteiger partial charge on any atom is 0.227 e. The van der Waals surface area contributed by atoms with Gasteiger partial charge in [0.2, 0.25) is 11.8 Å². The van der Waals surface area contributed by atoms with Gasteiger partial charge in [0, 0.05) is 42.1 Å². The zero-order valence-corrected chi connectivity index (χ0v) is 17.9. The fraction of sp³-hybridized carbons (Fsp3) is 0.375. The summed E-state index contributed by atoms with van der Waals surface area (Å²) in [6.07, 6.45) is 3.31. The normalized spacial score (nSPS) is 19.3. The van der Waals surface area contributed by atoms with Crippen molar-refractivity contribution in [1.82, 2.24) is 9.88 Å². The Morgan fingerprint density at radius 1 is 1.19 bits per heavy atom. The number of benzene rings is 2. The lowest BCUT2D eigenvalue weighted by Crippen LogP contribution is -2.38. The smallest absolute Gasteiger partial charge is 0.227 e. The molecule has 0 radical (unpaired) electrons. The van der Waals surface area contributed by atoms with Gasteiger partial charge in [-0.2, -0.15) is 0 Å². The molecule has 2 aliphatic rings. The van der Waals surface area contributed by atoms with E-state index >= 15 is 0 Å². The Hall–Kier alpha value is -2.86. The minimum absolute atomic E-state index is 0.0151. The molecule has 7 heteroatoms. The largest absolute Gasteiger partial charge is 0.440 e. The summed E-state index contributed by atoms with van der Waals surface area (Å²) in [7, 11) is 0. The van der Waals surface area contributed by atoms with Crippen LogP contribution in [0, 0.1) is 5.92 Å². The second-order valence-corrected chi connectivity index (χ2v) is 8.84. The summed E-state index contributed by atoms with van der Waals surface area (Å²) >= 11 is 6.04. The van der Waals surface area contributed by atoms with Gasteiger partial charge in [0.25, 0.3) is 0 Å². The van der Waals surface area contributed by atoms with Crippen molar-refractivity contribution >= 4 is 40.2 Å². The van der Waals surface area contributed by atoms with Gasteiger partial charge in [-0.3, -0.25) is 9.59 Å². The fourth-order valence-electron chi connectivity index (χ4n) is 4.57. The van der Waals surface area contributed by atoms with Gasteiger partial charge in [0.1, 0.15) is 5.52 Å². The molecule has 1 fully saturated rings. The summed E-state index contributed by atoms with van der Waals surface area (Å²) in [6, 6.07) is 13.3. The summed E-state index contributed by atoms with van der Waals surface area (Å²) in [6.45, 7) is 1.37. The maximum atomic E-state index is 12.8. The number of piperidine rings is 1. The fourth-order valence-corrected chi connectivity index (χ4v) is 4.74. The Kier molecular flexibility index (Phi) is 5.40. The lowest BCUT2D eigenvalue weighted by molar-refractivity contribution is -0.132. The van der Waals surface area contributed by atoms with Gasteiger partial charge in [0.15, 0.2) is 11.5 Å². The number of halogens is 1. The molecule has 3 aromatic rings. The van der Waals surface area contributed by atoms with Crippen molar-refractivity contribution in [1.29, 1.82) is 0 Å². The second kappa shape index (κ2) is 8.35. The molecular formula is C24H24ClN3O3. The van der Waals surface area contributed by atoms with Crippen molar-refractivity contribution in [2.24, 2.45) is 5.92 Å². The van der Waals surface area contributed by atoms with Gasteiger partial charge in [-0.15, -0.1) is 0 Å². The van der Waals surface area contributed by atoms with Gasteiger partial charge in [0.05, 0.1) is 0 Å². The number of likely N-dealkylation sites (tertiary alicyclic amines) is 1. The first-order valence-electron chi connectivity index (χ1n) is 10.8. The minimum Gasteiger partial charge on any atom is -0.440 e. The van der Waals surface area contributed by atoms with E-state index in [2.05, 4.69) is 10.3 Å². The van der Waals surface area contributed by atoms with Crippen LogP contribution in [0.25, 0.3) is 11.1 Å². The molecule has 1 atom stereocenters. The number of carbonyl (C=O) groups excluding carboxylic acids is 2. The number of rotatable bonds is 4. The Morgan fingerprint density at radius 2 is 2.00 bits per heavy atom. The number of fused-ring (bicyclic) bond motifs is 2. The van der Waals surface area contributed by atoms with E-state index in [9.17, 15) is 9.59 Å². The van der Waals surface area contributed by atoms with Gasteiger partial charge in [-0.05, 0) is 55.5 Å². The van der Waals surface area contributed by atoms with E-state index in [1.165, 1.54) is 0 Å². The number of para-hydroxylation sites is 1. The topological polar surface area (TPSA) is 75.4 Å². The van der Waals surface area contributed by atoms with Crippen LogP contribution in [0.5, 0.6) is 0 Å². The number of carbonyl (C=O) groups is 2. The standard InChI is InChI=1S/C24H24ClN3O3/c25-18-6-7-21-20(14-18)27-24(31-21)15-9-11-28(12-10-15)22(29)8-5-17-13-16-3-1-2-4-19(16)26-23(17)30/h1-4,6-7,14-15,17H,5,8-13H2,(H,26,30). The number of hydrogen-bond donors (Lipinski definition) is 1. The van der Waals surface area contributed by atoms with Crippen LogP contribution in [0.1, 0.15) is 43.1 Å². The van der Waals surface area contributed by atoms with E-state index in [4.69, 9.17) is 16.0 Å². The average molecular weight is 438 g/mol. The number of nitrogens with one attached hydrogen (secondary N) is 1. The molecule has 31 heavy (non-hydrogen) atoms. The molecule has 0 bridgehead atoms. The Balaban J connectivity index is 1.14. The van der Waals surface area contributed by atoms with Crippen LogP contribution in [0.3, 0.4) is 0 Å². The number of aromatic nitrogens is 1. The van der Waals surface area contributed by atoms with Crippen LogP contribution < -0.4 is 5.32 Å². The summed E-state index contributed by atoms with van der Waals surface area (Å²) in [5.74, 6) is 0.913. The zero-order valence-electron chi connectivity index (χ0n) is 17.1. The summed E-state index contributed by atoms with van der Waals surface area (Å²) < 4.78 is 5.91. The predicted molar refractivity (Wildman–Crippen MR) is 119 cm³/mol. The lowest BCUT2D eigenvalue weighted by atomic mass is 9.89. The number of anilines is 1. The molecule has 1 N–H and O–H groups in total. The second-order valence-electron chi connectivity index (χ2n) is 8.41. The molecule has 3 heterocycles. The Morgan fingerprint density at radius 3 is 2.84 bits per heavy atom. The van der Waals surface area contributed by atoms with E-state index in [0.29, 0.717) is 37.4 Å². The first-order valence-corrected chi connectivity index (χ1v) is 11.2. The molecule has 1 saturated heterocycles. The first kappa shape index (κ1) is 20.1. The molecular weight excluding hydrogens is 414 g/mol. The first-order chi connectivity index (χ1) is 15.1. The predicted octanol–water partition coefficient (Wildman–Crippen LogP) is 4.78. The summed E-state index contributed by atoms with van der Waals surface area (Å²) in [5.41, 5.74) is 3.54. The Labute approximate surface area is 185 Å². The minimum atomic E-state index is -0.150. The molecule has 2 aromatic carbocycles. The Bertz CT molecular complexity index is 1130. The molecule has 5 rings (SSSR count). The molecule has 6 nitrogen and oxygen atoms in total. The number of hydrogen-bond acceptors (Lipinski definition) is 4. The van der Waals surface area contributed by atoms with Crippen LogP contribution >= 0.6 is 11.6 Å². The third-order valence-electron chi connectivity index (χ3n) is 6.38. The summed E-state index contributed by atoms with van der Waals surface area (Å²) in [4.78, 5) is 31.6. The summed E-state index contributed by atoms with van der Waals surface area (Å²) in [5, 5.41) is 3.60. The quantitative estimate of drug-likeness (QED) is 0.637. The van der Waals surface area contributed by atoms with Crippen LogP contribution in [0.15, 0.2) is 46.9 Å². The molecule has 0 aliphatic carbocycles. The SMILES string of the molecule is O=C1Nc2ccccc2CC1CCC(=O)N1CCC(c2nc3cc(Cl)ccc3o2)CC1. The highest BCUT2D eigenvalue weighted by Gasteiger charge is 2.30. The number of amides is 2. The zero-order chi connectivity index (χ0) is 21.4. The van der Waals surface area contributed by atoms with Gasteiger partial charge < -0.3 is 14.6 Å². The van der Waals surface area contributed by atoms with Crippen LogP contribution in [-0.4, -0.2) is 34.8 Å². The average Bonchev–Trinajstić information content (AvgIpc) is 3.20. The van der Waals surface area contributed by atoms with Gasteiger partial charge in [-0.25, -0.2) is 4.98 Å². The van der Waals surface area contributed by atoms with Crippen molar-refractivity contribution in [2.45, 2.75) is 38.0 Å². The molecule has 1 unspecified atom stereocenters. The van der Waals surface area contributed by atoms with Crippen molar-refractivity contribution in [3.05, 3.63) is 58.9 Å². The van der Waals surface area contributed by atoms with E-state index in [0.717, 1.165) is 41.1 Å². The van der Waals surface area contributed by atoms with Crippen LogP contribution in [0.4, 0.5) is 5.69 Å². The maximum absolute atomic E-state index is 12.8. The third kappa shape index (κ3) is 4.17. The molecule has 2 amide bonds. The van der Waals surface area contributed by atoms with Crippen molar-refractivity contribution in [3.63, 3.8) is 0 Å². The molecule has 2 aliphatic heterocycles. The van der Waals surface area contributed by atoms with Crippen molar-refractivity contribution in [3.8, 4) is 0 Å². The van der Waals surface area contributed by atoms with E-state index in [1.54, 1.807) is 6.07 Å². The molecule has 160 valence electrons. The molecule has 0 saturated carbocycles. The lowest BCUT2D eigenvalue weighted by Gasteiger charge is -2.31. The molecule has 1 aromatic heterocycles. The third-order valence-corrected chi connectivity index (χ3v) is 6.62. The molecule has 0 spiro atoms.